The van der Waals surface area contributed by atoms with E-state index in [0.29, 0.717) is 17.7 Å². The van der Waals surface area contributed by atoms with E-state index in [1.54, 1.807) is 0 Å². The van der Waals surface area contributed by atoms with Crippen LogP contribution in [0.15, 0.2) is 11.0 Å². The minimum Gasteiger partial charge on any atom is -0.363 e. The summed E-state index contributed by atoms with van der Waals surface area (Å²) in [5.74, 6) is 0.318. The number of likely N-dealkylation sites (tertiary alicyclic amines) is 2. The van der Waals surface area contributed by atoms with E-state index < -0.39 is 0 Å². The van der Waals surface area contributed by atoms with Gasteiger partial charge < -0.3 is 9.88 Å². The molecule has 0 atom stereocenters. The maximum Gasteiger partial charge on any atom is 0.222 e. The van der Waals surface area contributed by atoms with Crippen LogP contribution in [0.2, 0.25) is 0 Å². The Labute approximate surface area is 144 Å². The number of amides is 1. The fraction of sp³-hybridized carbons (Fsp3) is 0.684. The van der Waals surface area contributed by atoms with E-state index in [0.717, 1.165) is 68.8 Å². The summed E-state index contributed by atoms with van der Waals surface area (Å²) in [5.41, 5.74) is 3.13. The van der Waals surface area contributed by atoms with E-state index in [9.17, 15) is 9.59 Å². The highest BCUT2D eigenvalue weighted by Crippen LogP contribution is 2.40. The van der Waals surface area contributed by atoms with Gasteiger partial charge in [-0.3, -0.25) is 14.5 Å². The number of H-pyrrole nitrogens is 1. The Balaban J connectivity index is 1.63. The smallest absolute Gasteiger partial charge is 0.222 e. The van der Waals surface area contributed by atoms with Crippen molar-refractivity contribution in [3.8, 4) is 0 Å². The topological polar surface area (TPSA) is 56.4 Å². The van der Waals surface area contributed by atoms with Gasteiger partial charge in [-0.2, -0.15) is 0 Å². The number of pyridine rings is 1. The third kappa shape index (κ3) is 3.27. The van der Waals surface area contributed by atoms with Gasteiger partial charge in [-0.1, -0.05) is 0 Å². The highest BCUT2D eigenvalue weighted by atomic mass is 16.2. The number of nitrogens with zero attached hydrogens (tertiary/aromatic N) is 2. The second kappa shape index (κ2) is 6.71. The van der Waals surface area contributed by atoms with Gasteiger partial charge in [0.15, 0.2) is 5.43 Å². The van der Waals surface area contributed by atoms with Crippen molar-refractivity contribution in [3.05, 3.63) is 33.2 Å². The lowest BCUT2D eigenvalue weighted by molar-refractivity contribution is -0.138. The second-order valence-corrected chi connectivity index (χ2v) is 7.59. The van der Waals surface area contributed by atoms with Crippen molar-refractivity contribution in [1.82, 2.24) is 14.8 Å². The standard InChI is InChI=1S/C19H29N3O2/c1-4-22-13-19(6-5-17(22)23)7-9-21(10-8-19)12-16-15(3)18(24)14(2)11-20-16/h11H,4-10,12-13H2,1-3H3,(H,20,24). The Bertz CT molecular complexity index is 672. The van der Waals surface area contributed by atoms with E-state index in [-0.39, 0.29) is 5.43 Å². The number of piperidine rings is 2. The number of rotatable bonds is 3. The third-order valence-electron chi connectivity index (χ3n) is 6.04. The number of aryl methyl sites for hydroxylation is 1. The molecule has 1 aromatic rings. The van der Waals surface area contributed by atoms with Crippen molar-refractivity contribution in [1.29, 1.82) is 0 Å². The third-order valence-corrected chi connectivity index (χ3v) is 6.04. The van der Waals surface area contributed by atoms with E-state index in [4.69, 9.17) is 0 Å². The lowest BCUT2D eigenvalue weighted by Gasteiger charge is -2.47. The van der Waals surface area contributed by atoms with Gasteiger partial charge in [-0.25, -0.2) is 0 Å². The summed E-state index contributed by atoms with van der Waals surface area (Å²) in [6, 6.07) is 0. The molecular weight excluding hydrogens is 302 g/mol. The molecule has 1 N–H and O–H groups in total. The molecule has 24 heavy (non-hydrogen) atoms. The SMILES string of the molecule is CCN1CC2(CCC1=O)CCN(Cc1[nH]cc(C)c(=O)c1C)CC2. The summed E-state index contributed by atoms with van der Waals surface area (Å²) in [6.45, 7) is 10.5. The number of nitrogens with one attached hydrogen (secondary N) is 1. The van der Waals surface area contributed by atoms with Crippen LogP contribution in [-0.2, 0) is 11.3 Å². The average molecular weight is 331 g/mol. The number of hydrogen-bond acceptors (Lipinski definition) is 3. The van der Waals surface area contributed by atoms with Gasteiger partial charge in [0.1, 0.15) is 0 Å². The number of aromatic nitrogens is 1. The van der Waals surface area contributed by atoms with Crippen LogP contribution in [0.25, 0.3) is 0 Å². The first-order valence-electron chi connectivity index (χ1n) is 9.12. The predicted octanol–water partition coefficient (Wildman–Crippen LogP) is 2.22. The number of carbonyl (C=O) groups excluding carboxylic acids is 1. The maximum atomic E-state index is 12.1. The number of aromatic amines is 1. The Morgan fingerprint density at radius 1 is 1.17 bits per heavy atom. The monoisotopic (exact) mass is 331 g/mol. The van der Waals surface area contributed by atoms with Crippen molar-refractivity contribution in [2.24, 2.45) is 5.41 Å². The Morgan fingerprint density at radius 3 is 2.54 bits per heavy atom. The van der Waals surface area contributed by atoms with Crippen molar-refractivity contribution in [2.75, 3.05) is 26.2 Å². The molecule has 132 valence electrons. The van der Waals surface area contributed by atoms with Gasteiger partial charge in [0.2, 0.25) is 5.91 Å². The fourth-order valence-corrected chi connectivity index (χ4v) is 4.17. The summed E-state index contributed by atoms with van der Waals surface area (Å²) >= 11 is 0. The van der Waals surface area contributed by atoms with Crippen molar-refractivity contribution < 1.29 is 4.79 Å². The Morgan fingerprint density at radius 2 is 1.88 bits per heavy atom. The molecule has 2 aliphatic heterocycles. The maximum absolute atomic E-state index is 12.1. The van der Waals surface area contributed by atoms with Gasteiger partial charge in [-0.15, -0.1) is 0 Å². The molecule has 3 rings (SSSR count). The fourth-order valence-electron chi connectivity index (χ4n) is 4.17. The van der Waals surface area contributed by atoms with E-state index in [1.807, 2.05) is 24.9 Å². The normalized spacial score (nSPS) is 21.5. The first-order valence-corrected chi connectivity index (χ1v) is 9.12. The molecule has 0 bridgehead atoms. The molecule has 1 aromatic heterocycles. The molecular formula is C19H29N3O2. The minimum absolute atomic E-state index is 0.154. The molecule has 2 fully saturated rings. The molecule has 0 unspecified atom stereocenters. The zero-order valence-corrected chi connectivity index (χ0v) is 15.2. The quantitative estimate of drug-likeness (QED) is 0.924. The molecule has 0 radical (unpaired) electrons. The predicted molar refractivity (Wildman–Crippen MR) is 95.0 cm³/mol. The van der Waals surface area contributed by atoms with Crippen LogP contribution in [0.1, 0.15) is 49.4 Å². The van der Waals surface area contributed by atoms with E-state index in [1.165, 1.54) is 0 Å². The first-order chi connectivity index (χ1) is 11.4. The Hall–Kier alpha value is -1.62. The highest BCUT2D eigenvalue weighted by Gasteiger charge is 2.40. The van der Waals surface area contributed by atoms with E-state index >= 15 is 0 Å². The summed E-state index contributed by atoms with van der Waals surface area (Å²) < 4.78 is 0. The van der Waals surface area contributed by atoms with Crippen LogP contribution in [0.5, 0.6) is 0 Å². The molecule has 0 aliphatic carbocycles. The van der Waals surface area contributed by atoms with E-state index in [2.05, 4.69) is 16.8 Å². The summed E-state index contributed by atoms with van der Waals surface area (Å²) in [4.78, 5) is 31.8. The van der Waals surface area contributed by atoms with Crippen LogP contribution in [0, 0.1) is 19.3 Å². The molecule has 5 heteroatoms. The molecule has 0 saturated carbocycles. The summed E-state index contributed by atoms with van der Waals surface area (Å²) in [7, 11) is 0. The van der Waals surface area contributed by atoms with Crippen LogP contribution in [-0.4, -0.2) is 46.9 Å². The Kier molecular flexibility index (Phi) is 4.81. The van der Waals surface area contributed by atoms with Crippen LogP contribution in [0.3, 0.4) is 0 Å². The number of hydrogen-bond donors (Lipinski definition) is 1. The zero-order chi connectivity index (χ0) is 17.3. The molecule has 2 saturated heterocycles. The molecule has 5 nitrogen and oxygen atoms in total. The van der Waals surface area contributed by atoms with Crippen LogP contribution in [0.4, 0.5) is 0 Å². The molecule has 0 aromatic carbocycles. The minimum atomic E-state index is 0.154. The molecule has 1 amide bonds. The lowest BCUT2D eigenvalue weighted by Crippen LogP contribution is -2.51. The van der Waals surface area contributed by atoms with Crippen molar-refractivity contribution in [3.63, 3.8) is 0 Å². The largest absolute Gasteiger partial charge is 0.363 e. The average Bonchev–Trinajstić information content (AvgIpc) is 2.60. The van der Waals surface area contributed by atoms with Crippen LogP contribution >= 0.6 is 0 Å². The lowest BCUT2D eigenvalue weighted by atomic mass is 9.72. The number of carbonyl (C=O) groups is 1. The second-order valence-electron chi connectivity index (χ2n) is 7.59. The van der Waals surface area contributed by atoms with Crippen molar-refractivity contribution in [2.45, 2.75) is 53.0 Å². The molecule has 1 spiro atoms. The highest BCUT2D eigenvalue weighted by molar-refractivity contribution is 5.77. The van der Waals surface area contributed by atoms with Gasteiger partial charge in [0.25, 0.3) is 0 Å². The summed E-state index contributed by atoms with van der Waals surface area (Å²) in [5, 5.41) is 0. The summed E-state index contributed by atoms with van der Waals surface area (Å²) in [6.07, 6.45) is 5.86. The molecule has 3 heterocycles. The van der Waals surface area contributed by atoms with Gasteiger partial charge in [-0.05, 0) is 58.5 Å². The van der Waals surface area contributed by atoms with Gasteiger partial charge in [0, 0.05) is 49.1 Å². The van der Waals surface area contributed by atoms with Gasteiger partial charge >= 0.3 is 0 Å². The van der Waals surface area contributed by atoms with Crippen LogP contribution < -0.4 is 5.43 Å². The van der Waals surface area contributed by atoms with Gasteiger partial charge in [0.05, 0.1) is 0 Å². The zero-order valence-electron chi connectivity index (χ0n) is 15.2. The van der Waals surface area contributed by atoms with Crippen molar-refractivity contribution >= 4 is 5.91 Å². The first kappa shape index (κ1) is 17.2. The molecule has 2 aliphatic rings.